The summed E-state index contributed by atoms with van der Waals surface area (Å²) in [4.78, 5) is 65.3. The molecule has 0 bridgehead atoms. The van der Waals surface area contributed by atoms with E-state index in [1.807, 2.05) is 50.7 Å². The highest BCUT2D eigenvalue weighted by Crippen LogP contribution is 2.29. The van der Waals surface area contributed by atoms with E-state index < -0.39 is 35.8 Å². The summed E-state index contributed by atoms with van der Waals surface area (Å²) in [5, 5.41) is 8.95. The van der Waals surface area contributed by atoms with Crippen LogP contribution in [-0.4, -0.2) is 131 Å². The van der Waals surface area contributed by atoms with Crippen molar-refractivity contribution in [2.24, 2.45) is 35.5 Å². The SMILES string of the molecule is CCO[C@H](Cn1c(=NC(=O)c2cc(C)nn2CC)n(C)c2cc(C(N)=O)ccc21)[C@@H](Cn1c(=NC(=O)c2cc(C)nn2CC)n(C)c2cc(C(N)=O)cc(OCCCN3CCOCC3)c21)OCC. The molecule has 7 rings (SSSR count). The minimum absolute atomic E-state index is 0.0750. The van der Waals surface area contributed by atoms with Crippen molar-refractivity contribution >= 4 is 45.7 Å². The van der Waals surface area contributed by atoms with Crippen LogP contribution in [0, 0.1) is 13.8 Å². The Morgan fingerprint density at radius 1 is 0.706 bits per heavy atom. The number of fused-ring (bicyclic) bond motifs is 2. The number of nitrogens with two attached hydrogens (primary N) is 2. The van der Waals surface area contributed by atoms with Gasteiger partial charge in [-0.3, -0.25) is 33.4 Å². The zero-order chi connectivity index (χ0) is 48.8. The summed E-state index contributed by atoms with van der Waals surface area (Å²) >= 11 is 0. The molecule has 2 atom stereocenters. The van der Waals surface area contributed by atoms with Crippen molar-refractivity contribution in [1.29, 1.82) is 0 Å². The topological polar surface area (TPSA) is 241 Å². The lowest BCUT2D eigenvalue weighted by Crippen LogP contribution is -2.43. The Morgan fingerprint density at radius 2 is 1.24 bits per heavy atom. The quantitative estimate of drug-likeness (QED) is 0.106. The summed E-state index contributed by atoms with van der Waals surface area (Å²) in [6.45, 7) is 17.0. The van der Waals surface area contributed by atoms with E-state index in [9.17, 15) is 19.2 Å². The van der Waals surface area contributed by atoms with Gasteiger partial charge in [0.25, 0.3) is 11.8 Å². The van der Waals surface area contributed by atoms with Gasteiger partial charge in [-0.1, -0.05) is 0 Å². The maximum atomic E-state index is 14.3. The van der Waals surface area contributed by atoms with Gasteiger partial charge in [0.2, 0.25) is 23.1 Å². The first-order chi connectivity index (χ1) is 32.7. The Kier molecular flexibility index (Phi) is 15.6. The smallest absolute Gasteiger partial charge is 0.298 e. The van der Waals surface area contributed by atoms with Crippen molar-refractivity contribution in [3.05, 3.63) is 87.6 Å². The van der Waals surface area contributed by atoms with Gasteiger partial charge in [-0.05, 0) is 90.4 Å². The van der Waals surface area contributed by atoms with Crippen LogP contribution in [-0.2, 0) is 54.5 Å². The van der Waals surface area contributed by atoms with E-state index in [2.05, 4.69) is 20.1 Å². The highest BCUT2D eigenvalue weighted by molar-refractivity contribution is 5.99. The number of rotatable bonds is 20. The van der Waals surface area contributed by atoms with Gasteiger partial charge in [-0.25, -0.2) is 0 Å². The van der Waals surface area contributed by atoms with Gasteiger partial charge in [0.05, 0.1) is 60.8 Å². The number of amides is 4. The molecular weight excluding hydrogens is 875 g/mol. The number of morpholine rings is 1. The van der Waals surface area contributed by atoms with Crippen LogP contribution in [0.1, 0.15) is 87.2 Å². The molecule has 364 valence electrons. The number of benzene rings is 2. The first-order valence-corrected chi connectivity index (χ1v) is 23.1. The molecule has 4 aromatic heterocycles. The van der Waals surface area contributed by atoms with Gasteiger partial charge in [0.1, 0.15) is 34.9 Å². The van der Waals surface area contributed by atoms with Crippen molar-refractivity contribution < 1.29 is 38.1 Å². The molecule has 0 saturated carbocycles. The average Bonchev–Trinajstić information content (AvgIpc) is 4.05. The number of hydrogen-bond acceptors (Lipinski definition) is 11. The number of carbonyl (C=O) groups is 4. The molecule has 6 aromatic rings. The maximum Gasteiger partial charge on any atom is 0.298 e. The molecule has 0 unspecified atom stereocenters. The van der Waals surface area contributed by atoms with Crippen molar-refractivity contribution in [2.45, 2.75) is 86.4 Å². The minimum atomic E-state index is -0.742. The molecule has 0 spiro atoms. The lowest BCUT2D eigenvalue weighted by Gasteiger charge is -2.28. The van der Waals surface area contributed by atoms with Crippen molar-refractivity contribution in [3.8, 4) is 5.75 Å². The Hall–Kier alpha value is -6.68. The normalized spacial score (nSPS) is 14.9. The molecule has 68 heavy (non-hydrogen) atoms. The predicted molar refractivity (Wildman–Crippen MR) is 252 cm³/mol. The number of ether oxygens (including phenoxy) is 4. The zero-order valence-corrected chi connectivity index (χ0v) is 40.2. The van der Waals surface area contributed by atoms with E-state index in [1.165, 1.54) is 0 Å². The van der Waals surface area contributed by atoms with Gasteiger partial charge < -0.3 is 48.7 Å². The van der Waals surface area contributed by atoms with Crippen LogP contribution in [0.2, 0.25) is 0 Å². The standard InChI is InChI=1S/C47H63N13O8/c1-9-59-36(22-29(5)52-59)44(63)50-46-54(7)34-24-31(42(48)61)14-15-33(34)57(46)27-39(66-11-3)40(67-12-4)28-58-41-35(55(8)47(58)51-45(64)37-23-30(6)53-60(37)10-2)25-32(43(49)62)26-38(41)68-19-13-16-56-17-20-65-21-18-56/h14-15,22-26,39-40H,9-13,16-21,27-28H2,1-8H3,(H2,48,61)(H2,49,62)/t39-,40-/m1/s1. The molecule has 1 aliphatic heterocycles. The summed E-state index contributed by atoms with van der Waals surface area (Å²) in [6.07, 6.45) is -0.774. The fourth-order valence-corrected chi connectivity index (χ4v) is 8.81. The summed E-state index contributed by atoms with van der Waals surface area (Å²) in [7, 11) is 3.53. The summed E-state index contributed by atoms with van der Waals surface area (Å²) < 4.78 is 35.7. The Bertz CT molecular complexity index is 2980. The Morgan fingerprint density at radius 3 is 1.78 bits per heavy atom. The third-order valence-electron chi connectivity index (χ3n) is 12.1. The highest BCUT2D eigenvalue weighted by atomic mass is 16.5. The number of aryl methyl sites for hydroxylation is 6. The van der Waals surface area contributed by atoms with Gasteiger partial charge >= 0.3 is 0 Å². The summed E-state index contributed by atoms with van der Waals surface area (Å²) in [5.41, 5.74) is 17.0. The van der Waals surface area contributed by atoms with Gasteiger partial charge in [-0.2, -0.15) is 20.2 Å². The molecular formula is C47H63N13O8. The summed E-state index contributed by atoms with van der Waals surface area (Å²) in [6, 6.07) is 11.7. The monoisotopic (exact) mass is 937 g/mol. The van der Waals surface area contributed by atoms with Crippen molar-refractivity contribution in [2.75, 3.05) is 52.7 Å². The molecule has 1 fully saturated rings. The first-order valence-electron chi connectivity index (χ1n) is 23.1. The molecule has 4 N–H and O–H groups in total. The van der Waals surface area contributed by atoms with Crippen LogP contribution in [0.3, 0.4) is 0 Å². The van der Waals surface area contributed by atoms with Crippen LogP contribution >= 0.6 is 0 Å². The molecule has 0 radical (unpaired) electrons. The minimum Gasteiger partial charge on any atom is -0.491 e. The second kappa shape index (κ2) is 21.5. The second-order valence-corrected chi connectivity index (χ2v) is 16.7. The molecule has 21 heteroatoms. The fraction of sp³-hybridized carbons (Fsp3) is 0.489. The van der Waals surface area contributed by atoms with Crippen LogP contribution in [0.4, 0.5) is 0 Å². The molecule has 1 aliphatic rings. The van der Waals surface area contributed by atoms with Gasteiger partial charge in [0, 0.05) is 71.2 Å². The molecule has 5 heterocycles. The lowest BCUT2D eigenvalue weighted by molar-refractivity contribution is -0.0801. The third-order valence-corrected chi connectivity index (χ3v) is 12.1. The van der Waals surface area contributed by atoms with Gasteiger partial charge in [0.15, 0.2) is 0 Å². The van der Waals surface area contributed by atoms with Crippen molar-refractivity contribution in [1.82, 2.24) is 42.7 Å². The number of imidazole rings is 2. The number of carbonyl (C=O) groups excluding carboxylic acids is 4. The van der Waals surface area contributed by atoms with E-state index in [0.717, 1.165) is 19.6 Å². The van der Waals surface area contributed by atoms with Crippen LogP contribution < -0.4 is 27.4 Å². The zero-order valence-electron chi connectivity index (χ0n) is 40.2. The molecule has 0 aliphatic carbocycles. The van der Waals surface area contributed by atoms with Crippen LogP contribution in [0.25, 0.3) is 22.1 Å². The lowest BCUT2D eigenvalue weighted by atomic mass is 10.1. The predicted octanol–water partition coefficient (Wildman–Crippen LogP) is 2.61. The Balaban J connectivity index is 1.39. The highest BCUT2D eigenvalue weighted by Gasteiger charge is 2.30. The first kappa shape index (κ1) is 49.2. The molecule has 2 aromatic carbocycles. The van der Waals surface area contributed by atoms with Gasteiger partial charge in [-0.15, -0.1) is 0 Å². The molecule has 21 nitrogen and oxygen atoms in total. The largest absolute Gasteiger partial charge is 0.491 e. The number of nitrogens with zero attached hydrogens (tertiary/aromatic N) is 11. The molecule has 1 saturated heterocycles. The number of hydrogen-bond donors (Lipinski definition) is 2. The van der Waals surface area contributed by atoms with E-state index in [4.69, 9.17) is 35.4 Å². The fourth-order valence-electron chi connectivity index (χ4n) is 8.81. The second-order valence-electron chi connectivity index (χ2n) is 16.7. The maximum absolute atomic E-state index is 14.3. The van der Waals surface area contributed by atoms with E-state index in [0.29, 0.717) is 89.9 Å². The summed E-state index contributed by atoms with van der Waals surface area (Å²) in [5.74, 6) is -1.92. The van der Waals surface area contributed by atoms with E-state index in [-0.39, 0.29) is 48.7 Å². The third kappa shape index (κ3) is 10.4. The van der Waals surface area contributed by atoms with Crippen molar-refractivity contribution in [3.63, 3.8) is 0 Å². The van der Waals surface area contributed by atoms with Crippen LogP contribution in [0.15, 0.2) is 52.4 Å². The van der Waals surface area contributed by atoms with Crippen LogP contribution in [0.5, 0.6) is 5.75 Å². The van der Waals surface area contributed by atoms with E-state index >= 15 is 0 Å². The Labute approximate surface area is 393 Å². The average molecular weight is 938 g/mol. The van der Waals surface area contributed by atoms with E-state index in [1.54, 1.807) is 75.1 Å². The number of primary amides is 2. The molecule has 4 amide bonds. The number of aromatic nitrogens is 8.